The maximum atomic E-state index is 13.0. The fourth-order valence-corrected chi connectivity index (χ4v) is 7.43. The van der Waals surface area contributed by atoms with Crippen LogP contribution in [-0.4, -0.2) is 74.4 Å². The van der Waals surface area contributed by atoms with Crippen molar-refractivity contribution in [2.24, 2.45) is 5.92 Å². The molecule has 1 atom stereocenters. The van der Waals surface area contributed by atoms with Crippen LogP contribution in [0.1, 0.15) is 37.0 Å². The minimum atomic E-state index is -3.56. The van der Waals surface area contributed by atoms with Crippen molar-refractivity contribution in [1.82, 2.24) is 14.2 Å². The zero-order valence-corrected chi connectivity index (χ0v) is 22.4. The number of thiazole rings is 1. The number of benzene rings is 2. The number of fused-ring (bicyclic) bond motifs is 1. The Morgan fingerprint density at radius 1 is 1.08 bits per heavy atom. The molecule has 192 valence electrons. The molecule has 2 aliphatic rings. The number of anilines is 1. The molecular weight excluding hydrogens is 496 g/mol. The first-order valence-electron chi connectivity index (χ1n) is 12.5. The van der Waals surface area contributed by atoms with E-state index in [0.717, 1.165) is 60.9 Å². The Kier molecular flexibility index (Phi) is 7.30. The maximum absolute atomic E-state index is 13.0. The summed E-state index contributed by atoms with van der Waals surface area (Å²) in [4.78, 5) is 22.5. The fraction of sp³-hybridized carbons (Fsp3) is 0.462. The van der Waals surface area contributed by atoms with E-state index < -0.39 is 16.0 Å². The van der Waals surface area contributed by atoms with Gasteiger partial charge in [0.1, 0.15) is 5.75 Å². The molecule has 0 amide bonds. The third-order valence-electron chi connectivity index (χ3n) is 7.00. The normalized spacial score (nSPS) is 20.1. The largest absolute Gasteiger partial charge is 0.423 e. The van der Waals surface area contributed by atoms with Crippen LogP contribution in [-0.2, 0) is 10.0 Å². The second-order valence-corrected chi connectivity index (χ2v) is 12.5. The van der Waals surface area contributed by atoms with Crippen LogP contribution >= 0.6 is 11.3 Å². The summed E-state index contributed by atoms with van der Waals surface area (Å²) in [5.74, 6) is 0.267. The lowest BCUT2D eigenvalue weighted by Gasteiger charge is -2.33. The van der Waals surface area contributed by atoms with Gasteiger partial charge in [-0.05, 0) is 61.7 Å². The van der Waals surface area contributed by atoms with Gasteiger partial charge in [0.05, 0.1) is 20.7 Å². The van der Waals surface area contributed by atoms with Gasteiger partial charge in [-0.1, -0.05) is 25.2 Å². The van der Waals surface area contributed by atoms with Gasteiger partial charge in [-0.25, -0.2) is 18.2 Å². The molecule has 0 spiro atoms. The number of carbonyl (C=O) groups is 1. The van der Waals surface area contributed by atoms with Gasteiger partial charge in [0, 0.05) is 45.3 Å². The highest BCUT2D eigenvalue weighted by Gasteiger charge is 2.28. The number of ether oxygens (including phenoxy) is 1. The van der Waals surface area contributed by atoms with E-state index in [2.05, 4.69) is 23.6 Å². The van der Waals surface area contributed by atoms with Gasteiger partial charge in [-0.15, -0.1) is 0 Å². The topological polar surface area (TPSA) is 83.0 Å². The predicted octanol–water partition coefficient (Wildman–Crippen LogP) is 4.08. The summed E-state index contributed by atoms with van der Waals surface area (Å²) >= 11 is 1.60. The van der Waals surface area contributed by atoms with Gasteiger partial charge < -0.3 is 14.5 Å². The zero-order valence-electron chi connectivity index (χ0n) is 20.7. The Morgan fingerprint density at radius 2 is 1.83 bits per heavy atom. The molecule has 2 saturated heterocycles. The number of piperidine rings is 1. The van der Waals surface area contributed by atoms with Crippen molar-refractivity contribution in [1.29, 1.82) is 0 Å². The molecule has 0 bridgehead atoms. The van der Waals surface area contributed by atoms with Crippen molar-refractivity contribution < 1.29 is 17.9 Å². The van der Waals surface area contributed by atoms with Crippen LogP contribution in [0.5, 0.6) is 5.75 Å². The number of hydrogen-bond acceptors (Lipinski definition) is 8. The van der Waals surface area contributed by atoms with Gasteiger partial charge in [-0.2, -0.15) is 4.31 Å². The van der Waals surface area contributed by atoms with E-state index >= 15 is 0 Å². The van der Waals surface area contributed by atoms with E-state index in [4.69, 9.17) is 9.72 Å². The molecule has 5 rings (SSSR count). The van der Waals surface area contributed by atoms with E-state index in [1.165, 1.54) is 28.6 Å². The SMILES string of the molecule is CCN1CCN(c2nc3ccc(OC(=O)c4ccc(S(=O)(=O)N5CCC[C@@H](C)C5)cc4)cc3s2)CC1. The van der Waals surface area contributed by atoms with E-state index in [9.17, 15) is 13.2 Å². The van der Waals surface area contributed by atoms with Crippen molar-refractivity contribution in [2.75, 3.05) is 50.7 Å². The molecule has 0 N–H and O–H groups in total. The number of nitrogens with zero attached hydrogens (tertiary/aromatic N) is 4. The van der Waals surface area contributed by atoms with Gasteiger partial charge in [0.15, 0.2) is 5.13 Å². The molecule has 2 fully saturated rings. The van der Waals surface area contributed by atoms with Crippen LogP contribution in [0.15, 0.2) is 47.4 Å². The molecule has 0 aliphatic carbocycles. The third-order valence-corrected chi connectivity index (χ3v) is 9.96. The van der Waals surface area contributed by atoms with Crippen LogP contribution in [0.2, 0.25) is 0 Å². The highest BCUT2D eigenvalue weighted by molar-refractivity contribution is 7.89. The van der Waals surface area contributed by atoms with Gasteiger partial charge in [0.2, 0.25) is 10.0 Å². The highest BCUT2D eigenvalue weighted by atomic mass is 32.2. The molecular formula is C26H32N4O4S2. The van der Waals surface area contributed by atoms with Crippen LogP contribution in [0, 0.1) is 5.92 Å². The average molecular weight is 529 g/mol. The Labute approximate surface area is 216 Å². The Morgan fingerprint density at radius 3 is 2.53 bits per heavy atom. The Hall–Kier alpha value is -2.53. The van der Waals surface area contributed by atoms with Gasteiger partial charge in [0.25, 0.3) is 0 Å². The number of aromatic nitrogens is 1. The number of esters is 1. The lowest BCUT2D eigenvalue weighted by Crippen LogP contribution is -2.46. The lowest BCUT2D eigenvalue weighted by molar-refractivity contribution is 0.0735. The van der Waals surface area contributed by atoms with Crippen LogP contribution < -0.4 is 9.64 Å². The maximum Gasteiger partial charge on any atom is 0.343 e. The zero-order chi connectivity index (χ0) is 25.3. The molecule has 3 heterocycles. The molecule has 1 aromatic heterocycles. The number of piperazine rings is 1. The van der Waals surface area contributed by atoms with Crippen molar-refractivity contribution in [2.45, 2.75) is 31.6 Å². The molecule has 3 aromatic rings. The minimum absolute atomic E-state index is 0.200. The summed E-state index contributed by atoms with van der Waals surface area (Å²) in [6.07, 6.45) is 1.91. The molecule has 0 unspecified atom stereocenters. The van der Waals surface area contributed by atoms with E-state index in [0.29, 0.717) is 30.3 Å². The van der Waals surface area contributed by atoms with Crippen LogP contribution in [0.4, 0.5) is 5.13 Å². The van der Waals surface area contributed by atoms with Gasteiger partial charge in [-0.3, -0.25) is 0 Å². The Bertz CT molecular complexity index is 1330. The first-order valence-corrected chi connectivity index (χ1v) is 14.8. The summed E-state index contributed by atoms with van der Waals surface area (Å²) in [5.41, 5.74) is 1.19. The standard InChI is InChI=1S/C26H32N4O4S2/c1-3-28-13-15-29(16-14-28)26-27-23-11-8-21(17-24(23)35-26)34-25(31)20-6-9-22(10-7-20)36(32,33)30-12-4-5-19(2)18-30/h6-11,17,19H,3-5,12-16,18H2,1-2H3/t19-/m1/s1. The monoisotopic (exact) mass is 528 g/mol. The van der Waals surface area contributed by atoms with E-state index in [1.807, 2.05) is 12.1 Å². The molecule has 2 aromatic carbocycles. The van der Waals surface area contributed by atoms with Crippen molar-refractivity contribution >= 4 is 42.7 Å². The van der Waals surface area contributed by atoms with E-state index in [1.54, 1.807) is 17.4 Å². The quantitative estimate of drug-likeness (QED) is 0.352. The van der Waals surface area contributed by atoms with Crippen LogP contribution in [0.3, 0.4) is 0 Å². The molecule has 10 heteroatoms. The highest BCUT2D eigenvalue weighted by Crippen LogP contribution is 2.32. The smallest absolute Gasteiger partial charge is 0.343 e. The fourth-order valence-electron chi connectivity index (χ4n) is 4.79. The molecule has 2 aliphatic heterocycles. The number of rotatable bonds is 6. The molecule has 0 saturated carbocycles. The number of carbonyl (C=O) groups excluding carboxylic acids is 1. The number of sulfonamides is 1. The first kappa shape index (κ1) is 25.1. The Balaban J connectivity index is 1.26. The van der Waals surface area contributed by atoms with Gasteiger partial charge >= 0.3 is 5.97 Å². The van der Waals surface area contributed by atoms with E-state index in [-0.39, 0.29) is 4.90 Å². The molecule has 36 heavy (non-hydrogen) atoms. The minimum Gasteiger partial charge on any atom is -0.423 e. The molecule has 0 radical (unpaired) electrons. The summed E-state index contributed by atoms with van der Waals surface area (Å²) in [5, 5.41) is 0.990. The molecule has 8 nitrogen and oxygen atoms in total. The second kappa shape index (κ2) is 10.5. The average Bonchev–Trinajstić information content (AvgIpc) is 3.32. The van der Waals surface area contributed by atoms with Crippen molar-refractivity contribution in [3.63, 3.8) is 0 Å². The lowest BCUT2D eigenvalue weighted by atomic mass is 10.0. The van der Waals surface area contributed by atoms with Crippen molar-refractivity contribution in [3.8, 4) is 5.75 Å². The van der Waals surface area contributed by atoms with Crippen LogP contribution in [0.25, 0.3) is 10.2 Å². The first-order chi connectivity index (χ1) is 17.3. The second-order valence-electron chi connectivity index (χ2n) is 9.57. The summed E-state index contributed by atoms with van der Waals surface area (Å²) in [6, 6.07) is 11.5. The predicted molar refractivity (Wildman–Crippen MR) is 143 cm³/mol. The summed E-state index contributed by atoms with van der Waals surface area (Å²) < 4.78 is 34.1. The summed E-state index contributed by atoms with van der Waals surface area (Å²) in [6.45, 7) is 10.4. The van der Waals surface area contributed by atoms with Crippen molar-refractivity contribution in [3.05, 3.63) is 48.0 Å². The summed E-state index contributed by atoms with van der Waals surface area (Å²) in [7, 11) is -3.56. The number of hydrogen-bond donors (Lipinski definition) is 0. The third kappa shape index (κ3) is 5.27. The number of likely N-dealkylation sites (N-methyl/N-ethyl adjacent to an activating group) is 1.